The van der Waals surface area contributed by atoms with Crippen molar-refractivity contribution in [3.05, 3.63) is 169 Å². The van der Waals surface area contributed by atoms with Gasteiger partial charge in [0.25, 0.3) is 0 Å². The van der Waals surface area contributed by atoms with E-state index >= 15 is 0 Å². The third-order valence-electron chi connectivity index (χ3n) is 8.72. The molecule has 5 heteroatoms. The molecule has 9 rings (SSSR count). The first-order valence-corrected chi connectivity index (χ1v) is 15.6. The normalized spacial score (nSPS) is 15.2. The number of nitrogens with zero attached hydrogens (tertiary/aromatic N) is 4. The van der Waals surface area contributed by atoms with E-state index in [1.807, 2.05) is 131 Å². The van der Waals surface area contributed by atoms with E-state index in [-0.39, 0.29) is 42.1 Å². The molecule has 3 heterocycles. The van der Waals surface area contributed by atoms with Gasteiger partial charge in [0.15, 0.2) is 0 Å². The molecule has 0 saturated carbocycles. The first-order valence-electron chi connectivity index (χ1n) is 19.6. The second-order valence-corrected chi connectivity index (χ2v) is 11.5. The molecule has 0 aliphatic carbocycles. The van der Waals surface area contributed by atoms with Crippen molar-refractivity contribution >= 4 is 44.6 Å². The molecule has 0 radical (unpaired) electrons. The molecular formula is C43H32N4O. The molecule has 0 bridgehead atoms. The molecule has 5 nitrogen and oxygen atoms in total. The number of anilines is 4. The van der Waals surface area contributed by atoms with Gasteiger partial charge in [-0.15, -0.1) is 0 Å². The zero-order valence-corrected chi connectivity index (χ0v) is 25.6. The Morgan fingerprint density at radius 1 is 0.646 bits per heavy atom. The van der Waals surface area contributed by atoms with Crippen molar-refractivity contribution in [1.29, 1.82) is 0 Å². The van der Waals surface area contributed by atoms with E-state index in [0.717, 1.165) is 38.7 Å². The molecule has 48 heavy (non-hydrogen) atoms. The van der Waals surface area contributed by atoms with Crippen LogP contribution in [-0.4, -0.2) is 16.2 Å². The number of hydrogen-bond donors (Lipinski definition) is 0. The van der Waals surface area contributed by atoms with Gasteiger partial charge in [-0.1, -0.05) is 84.9 Å². The molecule has 1 aliphatic rings. The Balaban J connectivity index is 1.10. The van der Waals surface area contributed by atoms with Gasteiger partial charge < -0.3 is 14.5 Å². The minimum atomic E-state index is -2.36. The third-order valence-corrected chi connectivity index (χ3v) is 8.72. The topological polar surface area (TPSA) is 33.5 Å². The number of fused-ring (bicyclic) bond motifs is 4. The smallest absolute Gasteiger partial charge is 0.138 e. The van der Waals surface area contributed by atoms with E-state index < -0.39 is 12.9 Å². The van der Waals surface area contributed by atoms with Gasteiger partial charge in [-0.3, -0.25) is 4.57 Å². The van der Waals surface area contributed by atoms with Crippen LogP contribution in [0.15, 0.2) is 164 Å². The summed E-state index contributed by atoms with van der Waals surface area (Å²) >= 11 is 0. The van der Waals surface area contributed by atoms with Crippen LogP contribution in [0.25, 0.3) is 38.8 Å². The lowest BCUT2D eigenvalue weighted by molar-refractivity contribution is 0.483. The summed E-state index contributed by atoms with van der Waals surface area (Å²) in [7, 11) is 0. The number of aromatic nitrogens is 2. The highest BCUT2D eigenvalue weighted by Gasteiger charge is 2.27. The quantitative estimate of drug-likeness (QED) is 0.183. The fourth-order valence-electron chi connectivity index (χ4n) is 6.54. The minimum absolute atomic E-state index is 0.112. The molecule has 2 aromatic heterocycles. The van der Waals surface area contributed by atoms with Crippen LogP contribution in [0.5, 0.6) is 11.5 Å². The number of benzene rings is 6. The molecule has 0 fully saturated rings. The number of ether oxygens (including phenoxy) is 1. The van der Waals surface area contributed by atoms with Crippen molar-refractivity contribution < 1.29 is 15.7 Å². The maximum absolute atomic E-state index is 8.64. The second kappa shape index (κ2) is 11.5. The van der Waals surface area contributed by atoms with Crippen LogP contribution in [0.2, 0.25) is 0 Å². The maximum atomic E-state index is 8.64. The van der Waals surface area contributed by atoms with Gasteiger partial charge in [-0.25, -0.2) is 4.98 Å². The van der Waals surface area contributed by atoms with E-state index in [1.54, 1.807) is 4.90 Å². The summed E-state index contributed by atoms with van der Waals surface area (Å²) in [5.74, 6) is 1.71. The van der Waals surface area contributed by atoms with Crippen molar-refractivity contribution in [1.82, 2.24) is 9.55 Å². The first-order chi connectivity index (χ1) is 27.0. The van der Waals surface area contributed by atoms with Gasteiger partial charge in [-0.05, 0) is 84.2 Å². The van der Waals surface area contributed by atoms with Gasteiger partial charge in [0, 0.05) is 44.6 Å². The van der Waals surface area contributed by atoms with Gasteiger partial charge in [-0.2, -0.15) is 0 Å². The SMILES string of the molecule is [2H]c1c([2H])c([2H])c(N2CN(c3cccc(Oc4ccc5c6ccccc6n(-c6cc(-c7ccccc7)c(C([2H])([2H])[2H])cn6)c5c4)c3)c3ccccc32)c([2H])c1[2H]. The summed E-state index contributed by atoms with van der Waals surface area (Å²) in [6.45, 7) is -2.15. The summed E-state index contributed by atoms with van der Waals surface area (Å²) in [5, 5.41) is 1.99. The van der Waals surface area contributed by atoms with Gasteiger partial charge in [0.1, 0.15) is 24.0 Å². The predicted octanol–water partition coefficient (Wildman–Crippen LogP) is 11.2. The van der Waals surface area contributed by atoms with Crippen molar-refractivity contribution in [2.75, 3.05) is 16.5 Å². The zero-order valence-electron chi connectivity index (χ0n) is 33.6. The van der Waals surface area contributed by atoms with Crippen LogP contribution in [0.4, 0.5) is 22.7 Å². The van der Waals surface area contributed by atoms with E-state index in [9.17, 15) is 0 Å². The molecule has 230 valence electrons. The Hall–Kier alpha value is -6.33. The first kappa shape index (κ1) is 20.7. The molecule has 1 aliphatic heterocycles. The van der Waals surface area contributed by atoms with Crippen molar-refractivity contribution in [2.45, 2.75) is 6.85 Å². The molecule has 0 saturated heterocycles. The second-order valence-electron chi connectivity index (χ2n) is 11.5. The van der Waals surface area contributed by atoms with E-state index in [2.05, 4.69) is 6.07 Å². The number of para-hydroxylation sites is 4. The van der Waals surface area contributed by atoms with Gasteiger partial charge in [0.05, 0.1) is 29.3 Å². The zero-order chi connectivity index (χ0) is 38.9. The number of rotatable bonds is 6. The Morgan fingerprint density at radius 2 is 1.38 bits per heavy atom. The molecule has 8 aromatic rings. The summed E-state index contributed by atoms with van der Waals surface area (Å²) in [6.07, 6.45) is 1.45. The Morgan fingerprint density at radius 3 is 2.21 bits per heavy atom. The fourth-order valence-corrected chi connectivity index (χ4v) is 6.54. The number of aryl methyl sites for hydroxylation is 1. The molecule has 0 spiro atoms. The summed E-state index contributed by atoms with van der Waals surface area (Å²) < 4.78 is 75.1. The molecule has 0 atom stereocenters. The lowest BCUT2D eigenvalue weighted by Crippen LogP contribution is -2.23. The minimum Gasteiger partial charge on any atom is -0.457 e. The highest BCUT2D eigenvalue weighted by Crippen LogP contribution is 2.45. The van der Waals surface area contributed by atoms with Gasteiger partial charge >= 0.3 is 0 Å². The van der Waals surface area contributed by atoms with Crippen LogP contribution in [-0.2, 0) is 0 Å². The summed E-state index contributed by atoms with van der Waals surface area (Å²) in [4.78, 5) is 8.48. The highest BCUT2D eigenvalue weighted by atomic mass is 16.5. The average molecular weight is 629 g/mol. The molecule has 6 aromatic carbocycles. The van der Waals surface area contributed by atoms with Crippen LogP contribution in [0.3, 0.4) is 0 Å². The molecule has 0 amide bonds. The standard InChI is InChI=1S/C43H32N4O/c1-30-28-44-43(27-38(30)31-13-4-2-5-14-31)47-39-20-9-8-19-36(39)37-24-23-35(26-42(37)47)48-34-18-12-17-33(25-34)46-29-45(32-15-6-3-7-16-32)40-21-10-11-22-41(40)46/h2-28H,29H2,1H3/i1D3,3D,6D,7D,15D,16D. The third kappa shape index (κ3) is 4.76. The fraction of sp³-hybridized carbons (Fsp3) is 0.0465. The van der Waals surface area contributed by atoms with Crippen LogP contribution in [0, 0.1) is 6.85 Å². The Labute approximate surface area is 290 Å². The highest BCUT2D eigenvalue weighted by molar-refractivity contribution is 6.09. The molecule has 0 N–H and O–H groups in total. The van der Waals surface area contributed by atoms with Crippen LogP contribution < -0.4 is 14.5 Å². The van der Waals surface area contributed by atoms with E-state index in [0.29, 0.717) is 28.6 Å². The average Bonchev–Trinajstić information content (AvgIpc) is 3.75. The number of pyridine rings is 1. The lowest BCUT2D eigenvalue weighted by Gasteiger charge is -2.22. The predicted molar refractivity (Wildman–Crippen MR) is 197 cm³/mol. The Kier molecular flexibility index (Phi) is 4.96. The molecule has 0 unspecified atom stereocenters. The largest absolute Gasteiger partial charge is 0.457 e. The monoisotopic (exact) mass is 628 g/mol. The molecular weight excluding hydrogens is 589 g/mol. The summed E-state index contributed by atoms with van der Waals surface area (Å²) in [6, 6.07) is 38.6. The van der Waals surface area contributed by atoms with Crippen molar-refractivity contribution in [3.8, 4) is 28.4 Å². The van der Waals surface area contributed by atoms with Crippen molar-refractivity contribution in [3.63, 3.8) is 0 Å². The van der Waals surface area contributed by atoms with Crippen LogP contribution in [0.1, 0.15) is 16.5 Å². The van der Waals surface area contributed by atoms with E-state index in [1.165, 1.54) is 6.20 Å². The number of hydrogen-bond acceptors (Lipinski definition) is 4. The van der Waals surface area contributed by atoms with Crippen LogP contribution >= 0.6 is 0 Å². The van der Waals surface area contributed by atoms with Gasteiger partial charge in [0.2, 0.25) is 0 Å². The van der Waals surface area contributed by atoms with E-state index in [4.69, 9.17) is 20.7 Å². The maximum Gasteiger partial charge on any atom is 0.138 e. The Bertz CT molecular complexity index is 2810. The van der Waals surface area contributed by atoms with Crippen molar-refractivity contribution in [2.24, 2.45) is 0 Å². The lowest BCUT2D eigenvalue weighted by atomic mass is 10.0. The summed E-state index contributed by atoms with van der Waals surface area (Å²) in [5.41, 5.74) is 5.70.